The van der Waals surface area contributed by atoms with Crippen molar-refractivity contribution in [1.82, 2.24) is 0 Å². The number of carbonyl (C=O) groups is 1. The number of benzene rings is 3. The van der Waals surface area contributed by atoms with Gasteiger partial charge in [0.25, 0.3) is 5.91 Å². The minimum atomic E-state index is -0.483. The Kier molecular flexibility index (Phi) is 5.66. The lowest BCUT2D eigenvalue weighted by molar-refractivity contribution is -0.112. The van der Waals surface area contributed by atoms with E-state index < -0.39 is 5.91 Å². The van der Waals surface area contributed by atoms with Crippen LogP contribution in [-0.2, 0) is 4.79 Å². The van der Waals surface area contributed by atoms with Gasteiger partial charge < -0.3 is 10.1 Å². The molecule has 0 atom stereocenters. The first-order chi connectivity index (χ1) is 13.2. The van der Waals surface area contributed by atoms with E-state index in [-0.39, 0.29) is 5.57 Å². The van der Waals surface area contributed by atoms with Gasteiger partial charge in [-0.25, -0.2) is 0 Å². The van der Waals surface area contributed by atoms with E-state index in [9.17, 15) is 10.1 Å². The van der Waals surface area contributed by atoms with Crippen molar-refractivity contribution in [1.29, 1.82) is 5.26 Å². The Labute approximate surface area is 158 Å². The number of nitrogens with zero attached hydrogens (tertiary/aromatic N) is 1. The summed E-state index contributed by atoms with van der Waals surface area (Å²) in [4.78, 5) is 12.6. The molecule has 0 aliphatic rings. The van der Waals surface area contributed by atoms with Crippen LogP contribution in [0, 0.1) is 18.3 Å². The Morgan fingerprint density at radius 3 is 2.48 bits per heavy atom. The minimum Gasteiger partial charge on any atom is -0.455 e. The summed E-state index contributed by atoms with van der Waals surface area (Å²) in [5.74, 6) is 0.683. The fraction of sp³-hybridized carbons (Fsp3) is 0.0435. The SMILES string of the molecule is Cc1cccc(/C=C(\C#N)C(=O)Nc2ccccc2Oc2ccccc2)c1. The molecule has 3 aromatic rings. The fourth-order valence-corrected chi connectivity index (χ4v) is 2.54. The van der Waals surface area contributed by atoms with Gasteiger partial charge in [0, 0.05) is 0 Å². The second-order valence-electron chi connectivity index (χ2n) is 5.95. The predicted octanol–water partition coefficient (Wildman–Crippen LogP) is 5.33. The van der Waals surface area contributed by atoms with Crippen LogP contribution in [0.1, 0.15) is 11.1 Å². The number of anilines is 1. The van der Waals surface area contributed by atoms with E-state index in [2.05, 4.69) is 5.32 Å². The van der Waals surface area contributed by atoms with Crippen LogP contribution in [0.2, 0.25) is 0 Å². The molecule has 0 saturated heterocycles. The van der Waals surface area contributed by atoms with E-state index in [0.717, 1.165) is 11.1 Å². The normalized spacial score (nSPS) is 10.7. The summed E-state index contributed by atoms with van der Waals surface area (Å²) in [5.41, 5.74) is 2.38. The number of nitriles is 1. The highest BCUT2D eigenvalue weighted by molar-refractivity contribution is 6.10. The monoisotopic (exact) mass is 354 g/mol. The largest absolute Gasteiger partial charge is 0.455 e. The third-order valence-electron chi connectivity index (χ3n) is 3.82. The smallest absolute Gasteiger partial charge is 0.266 e. The maximum absolute atomic E-state index is 12.6. The summed E-state index contributed by atoms with van der Waals surface area (Å²) in [7, 11) is 0. The first-order valence-electron chi connectivity index (χ1n) is 8.47. The molecule has 1 N–H and O–H groups in total. The molecule has 27 heavy (non-hydrogen) atoms. The van der Waals surface area contributed by atoms with Crippen molar-refractivity contribution in [3.05, 3.63) is 95.6 Å². The van der Waals surface area contributed by atoms with Gasteiger partial charge >= 0.3 is 0 Å². The number of carbonyl (C=O) groups excluding carboxylic acids is 1. The first kappa shape index (κ1) is 18.0. The number of aryl methyl sites for hydroxylation is 1. The Hall–Kier alpha value is -3.84. The molecule has 0 unspecified atom stereocenters. The second kappa shape index (κ2) is 8.50. The molecular formula is C23H18N2O2. The molecular weight excluding hydrogens is 336 g/mol. The van der Waals surface area contributed by atoms with Crippen molar-refractivity contribution in [2.24, 2.45) is 0 Å². The number of amides is 1. The predicted molar refractivity (Wildman–Crippen MR) is 106 cm³/mol. The van der Waals surface area contributed by atoms with Gasteiger partial charge in [-0.2, -0.15) is 5.26 Å². The number of hydrogen-bond donors (Lipinski definition) is 1. The molecule has 132 valence electrons. The lowest BCUT2D eigenvalue weighted by atomic mass is 10.1. The van der Waals surface area contributed by atoms with Gasteiger partial charge in [-0.05, 0) is 42.8 Å². The molecule has 3 rings (SSSR count). The summed E-state index contributed by atoms with van der Waals surface area (Å²) in [5, 5.41) is 12.2. The minimum absolute atomic E-state index is 0.0233. The molecule has 4 heteroatoms. The number of ether oxygens (including phenoxy) is 1. The average molecular weight is 354 g/mol. The van der Waals surface area contributed by atoms with Crippen LogP contribution in [0.3, 0.4) is 0 Å². The van der Waals surface area contributed by atoms with Gasteiger partial charge in [0.05, 0.1) is 5.69 Å². The van der Waals surface area contributed by atoms with E-state index >= 15 is 0 Å². The van der Waals surface area contributed by atoms with Gasteiger partial charge in [0.1, 0.15) is 17.4 Å². The molecule has 0 saturated carbocycles. The molecule has 3 aromatic carbocycles. The van der Waals surface area contributed by atoms with Crippen LogP contribution >= 0.6 is 0 Å². The van der Waals surface area contributed by atoms with Gasteiger partial charge in [0.2, 0.25) is 0 Å². The van der Waals surface area contributed by atoms with Crippen molar-refractivity contribution in [2.75, 3.05) is 5.32 Å². The highest BCUT2D eigenvalue weighted by Crippen LogP contribution is 2.29. The number of hydrogen-bond acceptors (Lipinski definition) is 3. The van der Waals surface area contributed by atoms with Crippen molar-refractivity contribution < 1.29 is 9.53 Å². The summed E-state index contributed by atoms with van der Waals surface area (Å²) in [6, 6.07) is 26.0. The van der Waals surface area contributed by atoms with E-state index in [1.807, 2.05) is 73.7 Å². The lowest BCUT2D eigenvalue weighted by Gasteiger charge is -2.12. The van der Waals surface area contributed by atoms with Crippen molar-refractivity contribution >= 4 is 17.7 Å². The topological polar surface area (TPSA) is 62.1 Å². The van der Waals surface area contributed by atoms with Crippen molar-refractivity contribution in [2.45, 2.75) is 6.92 Å². The highest BCUT2D eigenvalue weighted by Gasteiger charge is 2.13. The summed E-state index contributed by atoms with van der Waals surface area (Å²) >= 11 is 0. The van der Waals surface area contributed by atoms with Gasteiger partial charge in [0.15, 0.2) is 5.75 Å². The quantitative estimate of drug-likeness (QED) is 0.497. The van der Waals surface area contributed by atoms with Crippen LogP contribution in [-0.4, -0.2) is 5.91 Å². The Morgan fingerprint density at radius 2 is 1.74 bits per heavy atom. The molecule has 4 nitrogen and oxygen atoms in total. The third-order valence-corrected chi connectivity index (χ3v) is 3.82. The van der Waals surface area contributed by atoms with Crippen LogP contribution in [0.15, 0.2) is 84.4 Å². The van der Waals surface area contributed by atoms with Crippen molar-refractivity contribution in [3.63, 3.8) is 0 Å². The number of para-hydroxylation sites is 3. The maximum Gasteiger partial charge on any atom is 0.266 e. The lowest BCUT2D eigenvalue weighted by Crippen LogP contribution is -2.14. The number of rotatable bonds is 5. The average Bonchev–Trinajstić information content (AvgIpc) is 2.68. The zero-order valence-electron chi connectivity index (χ0n) is 14.8. The van der Waals surface area contributed by atoms with Crippen molar-refractivity contribution in [3.8, 4) is 17.6 Å². The van der Waals surface area contributed by atoms with Crippen LogP contribution in [0.4, 0.5) is 5.69 Å². The summed E-state index contributed by atoms with van der Waals surface area (Å²) in [6.45, 7) is 1.96. The summed E-state index contributed by atoms with van der Waals surface area (Å²) < 4.78 is 5.84. The van der Waals surface area contributed by atoms with E-state index in [0.29, 0.717) is 17.2 Å². The summed E-state index contributed by atoms with van der Waals surface area (Å²) in [6.07, 6.45) is 1.57. The van der Waals surface area contributed by atoms with Crippen LogP contribution in [0.5, 0.6) is 11.5 Å². The third kappa shape index (κ3) is 4.83. The zero-order valence-corrected chi connectivity index (χ0v) is 14.8. The molecule has 0 aromatic heterocycles. The molecule has 0 bridgehead atoms. The highest BCUT2D eigenvalue weighted by atomic mass is 16.5. The van der Waals surface area contributed by atoms with E-state index in [4.69, 9.17) is 4.74 Å². The molecule has 1 amide bonds. The number of nitrogens with one attached hydrogen (secondary N) is 1. The standard InChI is InChI=1S/C23H18N2O2/c1-17-8-7-9-18(14-17)15-19(16-24)23(26)25-21-12-5-6-13-22(21)27-20-10-3-2-4-11-20/h2-15H,1H3,(H,25,26)/b19-15+. The van der Waals surface area contributed by atoms with Crippen LogP contribution in [0.25, 0.3) is 6.08 Å². The van der Waals surface area contributed by atoms with E-state index in [1.165, 1.54) is 0 Å². The Morgan fingerprint density at radius 1 is 1.00 bits per heavy atom. The molecule has 0 aliphatic heterocycles. The first-order valence-corrected chi connectivity index (χ1v) is 8.47. The molecule has 0 spiro atoms. The molecule has 0 heterocycles. The van der Waals surface area contributed by atoms with Crippen LogP contribution < -0.4 is 10.1 Å². The molecule has 0 fully saturated rings. The fourth-order valence-electron chi connectivity index (χ4n) is 2.54. The Bertz CT molecular complexity index is 1020. The maximum atomic E-state index is 12.6. The second-order valence-corrected chi connectivity index (χ2v) is 5.95. The Balaban J connectivity index is 1.82. The van der Waals surface area contributed by atoms with E-state index in [1.54, 1.807) is 24.3 Å². The van der Waals surface area contributed by atoms with Gasteiger partial charge in [-0.3, -0.25) is 4.79 Å². The van der Waals surface area contributed by atoms with Gasteiger partial charge in [-0.15, -0.1) is 0 Å². The van der Waals surface area contributed by atoms with Gasteiger partial charge in [-0.1, -0.05) is 60.2 Å². The molecule has 0 aliphatic carbocycles. The molecule has 0 radical (unpaired) electrons. The zero-order chi connectivity index (χ0) is 19.1.